The lowest BCUT2D eigenvalue weighted by Gasteiger charge is -2.16. The fourth-order valence-electron chi connectivity index (χ4n) is 3.91. The van der Waals surface area contributed by atoms with Crippen LogP contribution in [0.25, 0.3) is 0 Å². The van der Waals surface area contributed by atoms with Crippen molar-refractivity contribution in [3.63, 3.8) is 0 Å². The summed E-state index contributed by atoms with van der Waals surface area (Å²) in [6, 6.07) is 23.0. The molecule has 6 heteroatoms. The van der Waals surface area contributed by atoms with Crippen LogP contribution in [0.15, 0.2) is 89.5 Å². The lowest BCUT2D eigenvalue weighted by Crippen LogP contribution is -2.19. The van der Waals surface area contributed by atoms with Crippen molar-refractivity contribution in [2.45, 2.75) is 62.7 Å². The van der Waals surface area contributed by atoms with Crippen molar-refractivity contribution in [3.05, 3.63) is 101 Å². The molecule has 2 atom stereocenters. The molecule has 3 aromatic carbocycles. The van der Waals surface area contributed by atoms with E-state index in [1.54, 1.807) is 7.11 Å². The summed E-state index contributed by atoms with van der Waals surface area (Å²) in [6.07, 6.45) is 4.23. The van der Waals surface area contributed by atoms with Crippen molar-refractivity contribution in [1.29, 1.82) is 0 Å². The minimum Gasteiger partial charge on any atom is -0.511 e. The van der Waals surface area contributed by atoms with Gasteiger partial charge in [0.2, 0.25) is 0 Å². The van der Waals surface area contributed by atoms with Crippen molar-refractivity contribution >= 4 is 16.6 Å². The second kappa shape index (κ2) is 14.4. The summed E-state index contributed by atoms with van der Waals surface area (Å²) in [5.41, 5.74) is 3.07. The quantitative estimate of drug-likeness (QED) is 0.185. The van der Waals surface area contributed by atoms with Gasteiger partial charge in [-0.25, -0.2) is 0 Å². The zero-order valence-corrected chi connectivity index (χ0v) is 22.6. The molecule has 196 valence electrons. The third-order valence-electron chi connectivity index (χ3n) is 6.10. The van der Waals surface area contributed by atoms with Crippen LogP contribution in [0.5, 0.6) is 11.5 Å². The van der Waals surface area contributed by atoms with Gasteiger partial charge in [-0.2, -0.15) is 0 Å². The van der Waals surface area contributed by atoms with Gasteiger partial charge in [0.1, 0.15) is 12.4 Å². The van der Waals surface area contributed by atoms with Crippen LogP contribution in [-0.2, 0) is 28.6 Å². The molecule has 0 fully saturated rings. The molecular weight excluding hydrogens is 484 g/mol. The second-order valence-corrected chi connectivity index (χ2v) is 10.7. The van der Waals surface area contributed by atoms with Crippen molar-refractivity contribution in [1.82, 2.24) is 0 Å². The Bertz CT molecular complexity index is 1200. The van der Waals surface area contributed by atoms with Crippen molar-refractivity contribution in [3.8, 4) is 11.5 Å². The van der Waals surface area contributed by atoms with Crippen LogP contribution in [0.3, 0.4) is 0 Å². The number of methoxy groups -OCH3 is 1. The topological polar surface area (TPSA) is 72.8 Å². The maximum Gasteiger partial charge on any atom is 0.161 e. The van der Waals surface area contributed by atoms with Gasteiger partial charge in [-0.1, -0.05) is 73.9 Å². The molecule has 0 aliphatic carbocycles. The van der Waals surface area contributed by atoms with E-state index in [0.717, 1.165) is 29.5 Å². The molecular formula is C31H36O5S. The number of carbonyl (C=O) groups is 1. The van der Waals surface area contributed by atoms with Gasteiger partial charge in [0.25, 0.3) is 0 Å². The Kier molecular flexibility index (Phi) is 11.0. The molecule has 37 heavy (non-hydrogen) atoms. The highest BCUT2D eigenvalue weighted by Gasteiger charge is 2.23. The number of aryl methyl sites for hydroxylation is 2. The Morgan fingerprint density at radius 3 is 2.41 bits per heavy atom. The number of benzene rings is 3. The van der Waals surface area contributed by atoms with E-state index < -0.39 is 16.0 Å². The molecule has 1 unspecified atom stereocenters. The molecule has 5 nitrogen and oxygen atoms in total. The number of hydrogen-bond donors (Lipinski definition) is 1. The monoisotopic (exact) mass is 520 g/mol. The van der Waals surface area contributed by atoms with Gasteiger partial charge in [-0.3, -0.25) is 9.00 Å². The average molecular weight is 521 g/mol. The first-order valence-corrected chi connectivity index (χ1v) is 13.9. The van der Waals surface area contributed by atoms with Crippen molar-refractivity contribution in [2.24, 2.45) is 0 Å². The number of allylic oxidation sites excluding steroid dienone is 1. The first-order valence-electron chi connectivity index (χ1n) is 12.7. The van der Waals surface area contributed by atoms with E-state index in [1.165, 1.54) is 6.08 Å². The molecule has 0 aromatic heterocycles. The molecule has 0 heterocycles. The molecule has 0 spiro atoms. The number of aliphatic hydroxyl groups is 1. The molecule has 0 saturated carbocycles. The minimum atomic E-state index is -1.44. The lowest BCUT2D eigenvalue weighted by atomic mass is 10.1. The minimum absolute atomic E-state index is 0.111. The number of carbonyl (C=O) groups excluding carboxylic acids is 1. The predicted octanol–water partition coefficient (Wildman–Crippen LogP) is 6.89. The molecule has 0 aliphatic rings. The fraction of sp³-hybridized carbons (Fsp3) is 0.323. The van der Waals surface area contributed by atoms with E-state index in [-0.39, 0.29) is 18.0 Å². The van der Waals surface area contributed by atoms with Crippen LogP contribution in [-0.4, -0.2) is 27.5 Å². The zero-order chi connectivity index (χ0) is 26.6. The summed E-state index contributed by atoms with van der Waals surface area (Å²) in [5.74, 6) is 0.923. The largest absolute Gasteiger partial charge is 0.511 e. The summed E-state index contributed by atoms with van der Waals surface area (Å²) in [6.45, 7) is 4.45. The van der Waals surface area contributed by atoms with Gasteiger partial charge in [0.15, 0.2) is 17.3 Å². The summed E-state index contributed by atoms with van der Waals surface area (Å²) in [5, 5.41) is 10.2. The summed E-state index contributed by atoms with van der Waals surface area (Å²) < 4.78 is 24.6. The highest BCUT2D eigenvalue weighted by Crippen LogP contribution is 2.29. The number of unbranched alkanes of at least 4 members (excludes halogenated alkanes) is 1. The third kappa shape index (κ3) is 8.60. The maximum absolute atomic E-state index is 13.2. The van der Waals surface area contributed by atoms with Gasteiger partial charge in [0, 0.05) is 17.4 Å². The van der Waals surface area contributed by atoms with E-state index in [4.69, 9.17) is 9.47 Å². The first kappa shape index (κ1) is 28.2. The van der Waals surface area contributed by atoms with Gasteiger partial charge >= 0.3 is 0 Å². The third-order valence-corrected chi connectivity index (χ3v) is 7.83. The van der Waals surface area contributed by atoms with Gasteiger partial charge in [-0.05, 0) is 55.2 Å². The Morgan fingerprint density at radius 2 is 1.73 bits per heavy atom. The fourth-order valence-corrected chi connectivity index (χ4v) is 5.31. The Hall–Kier alpha value is -3.38. The number of aliphatic hydroxyl groups excluding tert-OH is 1. The van der Waals surface area contributed by atoms with E-state index in [9.17, 15) is 14.1 Å². The second-order valence-electron chi connectivity index (χ2n) is 9.04. The maximum atomic E-state index is 13.2. The standard InChI is InChI=1S/C31H36O5S/c1-4-5-11-31(37(34)27-17-12-23(2)13-18-27)28(33)21-26(32)16-14-24-15-19-29(30(20-24)35-3)36-22-25-9-7-6-8-10-25/h6-10,12-13,15,17-21,31,33H,4-5,11,14,16,22H2,1-3H3/b28-21-/t31?,37-/m0/s1. The SMILES string of the molecule is CCCCC(/C(O)=C/C(=O)CCc1ccc(OCc2ccccc2)c(OC)c1)[S@@](=O)c1ccc(C)cc1. The number of ketones is 1. The van der Waals surface area contributed by atoms with E-state index in [1.807, 2.05) is 86.6 Å². The van der Waals surface area contributed by atoms with E-state index in [2.05, 4.69) is 0 Å². The molecule has 0 radical (unpaired) electrons. The molecule has 3 aromatic rings. The van der Waals surface area contributed by atoms with Crippen LogP contribution in [0.1, 0.15) is 49.3 Å². The Balaban J connectivity index is 1.63. The summed E-state index contributed by atoms with van der Waals surface area (Å²) >= 11 is 0. The van der Waals surface area contributed by atoms with Crippen molar-refractivity contribution in [2.75, 3.05) is 7.11 Å². The molecule has 0 amide bonds. The van der Waals surface area contributed by atoms with E-state index in [0.29, 0.717) is 35.8 Å². The molecule has 0 aliphatic heterocycles. The van der Waals surface area contributed by atoms with Crippen LogP contribution in [0.4, 0.5) is 0 Å². The lowest BCUT2D eigenvalue weighted by molar-refractivity contribution is -0.114. The predicted molar refractivity (Wildman–Crippen MR) is 149 cm³/mol. The van der Waals surface area contributed by atoms with Crippen molar-refractivity contribution < 1.29 is 23.6 Å². The highest BCUT2D eigenvalue weighted by atomic mass is 32.2. The van der Waals surface area contributed by atoms with Gasteiger partial charge in [-0.15, -0.1) is 0 Å². The Morgan fingerprint density at radius 1 is 1.00 bits per heavy atom. The summed E-state index contributed by atoms with van der Waals surface area (Å²) in [7, 11) is 0.147. The first-order chi connectivity index (χ1) is 17.9. The molecule has 0 bridgehead atoms. The summed E-state index contributed by atoms with van der Waals surface area (Å²) in [4.78, 5) is 13.4. The van der Waals surface area contributed by atoms with Gasteiger partial charge < -0.3 is 14.6 Å². The molecule has 1 N–H and O–H groups in total. The normalized spacial score (nSPS) is 13.1. The number of rotatable bonds is 14. The number of ether oxygens (including phenoxy) is 2. The zero-order valence-electron chi connectivity index (χ0n) is 21.8. The van der Waals surface area contributed by atoms with Crippen LogP contribution < -0.4 is 9.47 Å². The number of hydrogen-bond acceptors (Lipinski definition) is 5. The smallest absolute Gasteiger partial charge is 0.161 e. The van der Waals surface area contributed by atoms with Crippen LogP contribution >= 0.6 is 0 Å². The Labute approximate surface area is 222 Å². The average Bonchev–Trinajstić information content (AvgIpc) is 2.92. The van der Waals surface area contributed by atoms with E-state index >= 15 is 0 Å². The molecule has 3 rings (SSSR count). The van der Waals surface area contributed by atoms with Crippen LogP contribution in [0, 0.1) is 6.92 Å². The van der Waals surface area contributed by atoms with Gasteiger partial charge in [0.05, 0.1) is 23.2 Å². The molecule has 0 saturated heterocycles. The highest BCUT2D eigenvalue weighted by molar-refractivity contribution is 7.86. The van der Waals surface area contributed by atoms with Crippen LogP contribution in [0.2, 0.25) is 0 Å².